The van der Waals surface area contributed by atoms with Crippen LogP contribution in [-0.4, -0.2) is 0 Å². The Morgan fingerprint density at radius 3 is 2.36 bits per heavy atom. The summed E-state index contributed by atoms with van der Waals surface area (Å²) in [4.78, 5) is -0.319. The lowest BCUT2D eigenvalue weighted by Crippen LogP contribution is -2.07. The summed E-state index contributed by atoms with van der Waals surface area (Å²) in [6.45, 7) is 0. The lowest BCUT2D eigenvalue weighted by molar-refractivity contribution is -0.139. The summed E-state index contributed by atoms with van der Waals surface area (Å²) in [5.41, 5.74) is -0.933. The number of rotatable bonds is 0. The van der Waals surface area contributed by atoms with Crippen LogP contribution >= 0.6 is 35.2 Å². The molecule has 0 N–H and O–H groups in total. The number of hydrogen-bond acceptors (Lipinski definition) is 2. The standard InChI is InChI=1S/C8H3F3INS/c9-8(10,11)6-2-5(12)1-4(3-13)7(6)14/h1-2,14H. The van der Waals surface area contributed by atoms with E-state index in [-0.39, 0.29) is 10.5 Å². The maximum Gasteiger partial charge on any atom is 0.417 e. The average Bonchev–Trinajstić information content (AvgIpc) is 2.06. The molecule has 1 nitrogen and oxygen atoms in total. The Balaban J connectivity index is 3.47. The normalized spacial score (nSPS) is 11.1. The molecule has 0 unspecified atom stereocenters. The van der Waals surface area contributed by atoms with Gasteiger partial charge in [-0.25, -0.2) is 0 Å². The van der Waals surface area contributed by atoms with Gasteiger partial charge in [-0.3, -0.25) is 0 Å². The lowest BCUT2D eigenvalue weighted by Gasteiger charge is -2.10. The van der Waals surface area contributed by atoms with Crippen molar-refractivity contribution in [2.45, 2.75) is 11.1 Å². The Labute approximate surface area is 97.5 Å². The smallest absolute Gasteiger partial charge is 0.192 e. The van der Waals surface area contributed by atoms with Crippen molar-refractivity contribution in [2.75, 3.05) is 0 Å². The third-order valence-corrected chi connectivity index (χ3v) is 2.61. The first-order valence-electron chi connectivity index (χ1n) is 3.36. The first-order valence-corrected chi connectivity index (χ1v) is 4.88. The molecule has 14 heavy (non-hydrogen) atoms. The number of benzene rings is 1. The minimum absolute atomic E-state index is 0.0624. The van der Waals surface area contributed by atoms with Crippen molar-refractivity contribution in [1.29, 1.82) is 5.26 Å². The highest BCUT2D eigenvalue weighted by molar-refractivity contribution is 14.1. The zero-order valence-corrected chi connectivity index (χ0v) is 9.61. The molecule has 1 rings (SSSR count). The SMILES string of the molecule is N#Cc1cc(I)cc(C(F)(F)F)c1S. The van der Waals surface area contributed by atoms with Gasteiger partial charge < -0.3 is 0 Å². The van der Waals surface area contributed by atoms with Crippen molar-refractivity contribution in [3.8, 4) is 6.07 Å². The minimum atomic E-state index is -4.47. The van der Waals surface area contributed by atoms with Gasteiger partial charge >= 0.3 is 6.18 Å². The molecule has 0 amide bonds. The van der Waals surface area contributed by atoms with Crippen molar-refractivity contribution in [2.24, 2.45) is 0 Å². The van der Waals surface area contributed by atoms with E-state index in [9.17, 15) is 13.2 Å². The molecule has 0 atom stereocenters. The van der Waals surface area contributed by atoms with Crippen LogP contribution in [-0.2, 0) is 6.18 Å². The predicted molar refractivity (Wildman–Crippen MR) is 56.1 cm³/mol. The van der Waals surface area contributed by atoms with E-state index in [1.54, 1.807) is 28.7 Å². The van der Waals surface area contributed by atoms with Crippen LogP contribution in [0.2, 0.25) is 0 Å². The second-order valence-corrected chi connectivity index (χ2v) is 4.15. The number of halogens is 4. The van der Waals surface area contributed by atoms with E-state index in [1.807, 2.05) is 0 Å². The van der Waals surface area contributed by atoms with Gasteiger partial charge in [0.25, 0.3) is 0 Å². The van der Waals surface area contributed by atoms with E-state index in [2.05, 4.69) is 12.6 Å². The Hall–Kier alpha value is -0.420. The maximum absolute atomic E-state index is 12.4. The molecule has 0 aliphatic rings. The van der Waals surface area contributed by atoms with Gasteiger partial charge in [-0.15, -0.1) is 12.6 Å². The zero-order valence-electron chi connectivity index (χ0n) is 6.56. The Bertz CT molecular complexity index is 408. The minimum Gasteiger partial charge on any atom is -0.192 e. The van der Waals surface area contributed by atoms with Crippen LogP contribution in [0.5, 0.6) is 0 Å². The third kappa shape index (κ3) is 2.33. The second-order valence-electron chi connectivity index (χ2n) is 2.46. The number of alkyl halides is 3. The average molecular weight is 329 g/mol. The molecule has 0 aliphatic carbocycles. The molecular formula is C8H3F3INS. The molecule has 0 radical (unpaired) electrons. The molecule has 0 aromatic heterocycles. The van der Waals surface area contributed by atoms with E-state index in [0.717, 1.165) is 6.07 Å². The van der Waals surface area contributed by atoms with Gasteiger partial charge in [0.05, 0.1) is 11.1 Å². The highest BCUT2D eigenvalue weighted by Gasteiger charge is 2.34. The first-order chi connectivity index (χ1) is 6.36. The van der Waals surface area contributed by atoms with Gasteiger partial charge in [-0.2, -0.15) is 18.4 Å². The fourth-order valence-corrected chi connectivity index (χ4v) is 1.83. The summed E-state index contributed by atoms with van der Waals surface area (Å²) in [6.07, 6.45) is -4.47. The van der Waals surface area contributed by atoms with Crippen LogP contribution in [0.25, 0.3) is 0 Å². The van der Waals surface area contributed by atoms with Crippen molar-refractivity contribution in [3.05, 3.63) is 26.8 Å². The first kappa shape index (κ1) is 11.7. The van der Waals surface area contributed by atoms with Crippen LogP contribution in [0, 0.1) is 14.9 Å². The molecule has 0 heterocycles. The molecule has 1 aromatic rings. The van der Waals surface area contributed by atoms with E-state index < -0.39 is 11.7 Å². The van der Waals surface area contributed by atoms with E-state index >= 15 is 0 Å². The van der Waals surface area contributed by atoms with E-state index in [1.165, 1.54) is 6.07 Å². The third-order valence-electron chi connectivity index (χ3n) is 1.50. The summed E-state index contributed by atoms with van der Waals surface area (Å²) >= 11 is 5.41. The van der Waals surface area contributed by atoms with Crippen molar-refractivity contribution >= 4 is 35.2 Å². The Kier molecular flexibility index (Phi) is 3.32. The van der Waals surface area contributed by atoms with Gasteiger partial charge in [0.15, 0.2) is 0 Å². The van der Waals surface area contributed by atoms with E-state index in [0.29, 0.717) is 3.57 Å². The quantitative estimate of drug-likeness (QED) is 0.572. The maximum atomic E-state index is 12.4. The van der Waals surface area contributed by atoms with Crippen LogP contribution < -0.4 is 0 Å². The highest BCUT2D eigenvalue weighted by atomic mass is 127. The summed E-state index contributed by atoms with van der Waals surface area (Å²) in [6, 6.07) is 3.99. The fraction of sp³-hybridized carbons (Fsp3) is 0.125. The summed E-state index contributed by atoms with van der Waals surface area (Å²) < 4.78 is 37.5. The molecule has 0 saturated carbocycles. The summed E-state index contributed by atoms with van der Waals surface area (Å²) in [5.74, 6) is 0. The van der Waals surface area contributed by atoms with Gasteiger partial charge in [0.1, 0.15) is 6.07 Å². The molecule has 1 aromatic carbocycles. The van der Waals surface area contributed by atoms with Gasteiger partial charge in [-0.1, -0.05) is 0 Å². The summed E-state index contributed by atoms with van der Waals surface area (Å²) in [5, 5.41) is 8.56. The number of thiol groups is 1. The Morgan fingerprint density at radius 2 is 1.93 bits per heavy atom. The molecule has 0 bridgehead atoms. The fourth-order valence-electron chi connectivity index (χ4n) is 0.901. The van der Waals surface area contributed by atoms with Gasteiger partial charge in [0, 0.05) is 8.47 Å². The van der Waals surface area contributed by atoms with Crippen LogP contribution in [0.3, 0.4) is 0 Å². The van der Waals surface area contributed by atoms with Gasteiger partial charge in [0.2, 0.25) is 0 Å². The number of nitriles is 1. The Morgan fingerprint density at radius 1 is 1.36 bits per heavy atom. The van der Waals surface area contributed by atoms with Crippen molar-refractivity contribution < 1.29 is 13.2 Å². The van der Waals surface area contributed by atoms with Crippen LogP contribution in [0.15, 0.2) is 17.0 Å². The van der Waals surface area contributed by atoms with Crippen LogP contribution in [0.1, 0.15) is 11.1 Å². The molecule has 0 fully saturated rings. The molecule has 0 aliphatic heterocycles. The zero-order chi connectivity index (χ0) is 10.9. The van der Waals surface area contributed by atoms with Crippen molar-refractivity contribution in [1.82, 2.24) is 0 Å². The molecule has 0 saturated heterocycles. The molecular weight excluding hydrogens is 326 g/mol. The van der Waals surface area contributed by atoms with Crippen molar-refractivity contribution in [3.63, 3.8) is 0 Å². The molecule has 74 valence electrons. The monoisotopic (exact) mass is 329 g/mol. The van der Waals surface area contributed by atoms with E-state index in [4.69, 9.17) is 5.26 Å². The number of hydrogen-bond donors (Lipinski definition) is 1. The largest absolute Gasteiger partial charge is 0.417 e. The second kappa shape index (κ2) is 3.98. The highest BCUT2D eigenvalue weighted by Crippen LogP contribution is 2.36. The van der Waals surface area contributed by atoms with Crippen LogP contribution in [0.4, 0.5) is 13.2 Å². The topological polar surface area (TPSA) is 23.8 Å². The molecule has 0 spiro atoms. The van der Waals surface area contributed by atoms with Gasteiger partial charge in [-0.05, 0) is 34.7 Å². The lowest BCUT2D eigenvalue weighted by atomic mass is 10.1. The number of nitrogens with zero attached hydrogens (tertiary/aromatic N) is 1. The predicted octanol–water partition coefficient (Wildman–Crippen LogP) is 3.47. The molecule has 6 heteroatoms. The summed E-state index contributed by atoms with van der Waals surface area (Å²) in [7, 11) is 0.